The summed E-state index contributed by atoms with van der Waals surface area (Å²) in [5.74, 6) is 0.248. The smallest absolute Gasteiger partial charge is 0.297 e. The molecule has 0 bridgehead atoms. The van der Waals surface area contributed by atoms with Crippen LogP contribution in [0.25, 0.3) is 0 Å². The molecule has 0 spiro atoms. The molecule has 0 fully saturated rings. The molecule has 150 valence electrons. The molecule has 7 nitrogen and oxygen atoms in total. The first-order valence-electron chi connectivity index (χ1n) is 9.47. The van der Waals surface area contributed by atoms with Crippen LogP contribution in [-0.2, 0) is 4.79 Å². The zero-order valence-electron chi connectivity index (χ0n) is 18.3. The van der Waals surface area contributed by atoms with Crippen molar-refractivity contribution in [3.63, 3.8) is 0 Å². The van der Waals surface area contributed by atoms with Gasteiger partial charge in [-0.2, -0.15) is 0 Å². The minimum absolute atomic E-state index is 0.103. The molecule has 1 aromatic heterocycles. The molecule has 0 aliphatic carbocycles. The fourth-order valence-electron chi connectivity index (χ4n) is 2.77. The van der Waals surface area contributed by atoms with Crippen LogP contribution >= 0.6 is 0 Å². The van der Waals surface area contributed by atoms with Crippen molar-refractivity contribution >= 4 is 11.8 Å². The SMILES string of the molecule is CC(C)N(CCN([n+]1cc(NC(=O)C(C)(C)C)on1)C(C)(C)C)C(C)C. The van der Waals surface area contributed by atoms with Gasteiger partial charge in [0.25, 0.3) is 6.20 Å². The van der Waals surface area contributed by atoms with Crippen molar-refractivity contribution in [1.82, 2.24) is 10.2 Å². The second-order valence-electron chi connectivity index (χ2n) is 9.41. The van der Waals surface area contributed by atoms with E-state index in [0.717, 1.165) is 13.1 Å². The fourth-order valence-corrected chi connectivity index (χ4v) is 2.77. The average molecular weight is 369 g/mol. The number of hydrogen-bond donors (Lipinski definition) is 1. The van der Waals surface area contributed by atoms with Crippen molar-refractivity contribution in [3.05, 3.63) is 6.20 Å². The van der Waals surface area contributed by atoms with E-state index in [1.54, 1.807) is 11.0 Å². The maximum Gasteiger partial charge on any atom is 0.305 e. The van der Waals surface area contributed by atoms with E-state index in [-0.39, 0.29) is 11.4 Å². The van der Waals surface area contributed by atoms with Crippen LogP contribution in [-0.4, -0.2) is 46.8 Å². The Morgan fingerprint density at radius 3 is 2.08 bits per heavy atom. The van der Waals surface area contributed by atoms with Crippen molar-refractivity contribution in [2.24, 2.45) is 5.41 Å². The highest BCUT2D eigenvalue weighted by Crippen LogP contribution is 2.16. The van der Waals surface area contributed by atoms with Gasteiger partial charge in [-0.1, -0.05) is 20.8 Å². The van der Waals surface area contributed by atoms with Crippen LogP contribution in [0.5, 0.6) is 0 Å². The lowest BCUT2D eigenvalue weighted by molar-refractivity contribution is -0.765. The van der Waals surface area contributed by atoms with Gasteiger partial charge in [0, 0.05) is 24.0 Å². The Labute approximate surface area is 158 Å². The number of aromatic nitrogens is 2. The third kappa shape index (κ3) is 6.27. The van der Waals surface area contributed by atoms with Crippen LogP contribution in [0.3, 0.4) is 0 Å². The van der Waals surface area contributed by atoms with Gasteiger partial charge in [0.2, 0.25) is 11.2 Å². The first kappa shape index (κ1) is 22.4. The second kappa shape index (κ2) is 8.37. The molecular weight excluding hydrogens is 330 g/mol. The molecular formula is C19H38N5O2+. The highest BCUT2D eigenvalue weighted by molar-refractivity contribution is 5.93. The van der Waals surface area contributed by atoms with Gasteiger partial charge in [-0.05, 0) is 48.5 Å². The largest absolute Gasteiger partial charge is 0.305 e. The van der Waals surface area contributed by atoms with Gasteiger partial charge in [-0.25, -0.2) is 0 Å². The highest BCUT2D eigenvalue weighted by atomic mass is 16.5. The Morgan fingerprint density at radius 1 is 1.12 bits per heavy atom. The summed E-state index contributed by atoms with van der Waals surface area (Å²) >= 11 is 0. The van der Waals surface area contributed by atoms with Crippen molar-refractivity contribution in [3.8, 4) is 0 Å². The summed E-state index contributed by atoms with van der Waals surface area (Å²) in [6.45, 7) is 22.6. The Balaban J connectivity index is 2.93. The van der Waals surface area contributed by atoms with Crippen LogP contribution in [0.2, 0.25) is 0 Å². The maximum atomic E-state index is 12.1. The van der Waals surface area contributed by atoms with Crippen LogP contribution in [0.1, 0.15) is 69.2 Å². The molecule has 0 aliphatic heterocycles. The van der Waals surface area contributed by atoms with Crippen LogP contribution in [0.15, 0.2) is 10.7 Å². The molecule has 0 aliphatic rings. The number of carbonyl (C=O) groups is 1. The molecule has 7 heteroatoms. The molecule has 1 amide bonds. The quantitative estimate of drug-likeness (QED) is 0.750. The molecule has 1 N–H and O–H groups in total. The molecule has 1 rings (SSSR count). The second-order valence-corrected chi connectivity index (χ2v) is 9.41. The maximum absolute atomic E-state index is 12.1. The lowest BCUT2D eigenvalue weighted by atomic mass is 9.96. The monoisotopic (exact) mass is 368 g/mol. The van der Waals surface area contributed by atoms with Crippen LogP contribution in [0, 0.1) is 5.41 Å². The summed E-state index contributed by atoms with van der Waals surface area (Å²) in [7, 11) is 0. The standard InChI is InChI=1S/C19H37N5O2/c1-14(2)22(15(3)4)11-12-23(19(8,9)10)24-13-16(26-21-24)20-17(25)18(5,6)7/h13-15H,11-12H2,1-10H3/p+1. The Hall–Kier alpha value is -1.63. The molecule has 26 heavy (non-hydrogen) atoms. The third-order valence-corrected chi connectivity index (χ3v) is 4.29. The van der Waals surface area contributed by atoms with E-state index in [0.29, 0.717) is 18.0 Å². The minimum Gasteiger partial charge on any atom is -0.297 e. The van der Waals surface area contributed by atoms with Crippen molar-refractivity contribution in [1.29, 1.82) is 0 Å². The third-order valence-electron chi connectivity index (χ3n) is 4.29. The van der Waals surface area contributed by atoms with Gasteiger partial charge in [0.05, 0.1) is 16.9 Å². The van der Waals surface area contributed by atoms with E-state index in [2.05, 4.69) is 69.0 Å². The zero-order valence-corrected chi connectivity index (χ0v) is 18.3. The molecule has 0 unspecified atom stereocenters. The van der Waals surface area contributed by atoms with E-state index >= 15 is 0 Å². The van der Waals surface area contributed by atoms with Crippen molar-refractivity contribution in [2.75, 3.05) is 23.4 Å². The Morgan fingerprint density at radius 2 is 1.65 bits per heavy atom. The first-order chi connectivity index (χ1) is 11.7. The molecule has 0 radical (unpaired) electrons. The summed E-state index contributed by atoms with van der Waals surface area (Å²) < 4.78 is 5.33. The van der Waals surface area contributed by atoms with E-state index in [9.17, 15) is 4.79 Å². The van der Waals surface area contributed by atoms with Gasteiger partial charge >= 0.3 is 5.88 Å². The fraction of sp³-hybridized carbons (Fsp3) is 0.842. The molecule has 0 saturated heterocycles. The highest BCUT2D eigenvalue weighted by Gasteiger charge is 2.33. The average Bonchev–Trinajstić information content (AvgIpc) is 2.88. The number of rotatable bonds is 7. The lowest BCUT2D eigenvalue weighted by Crippen LogP contribution is -2.68. The number of amides is 1. The van der Waals surface area contributed by atoms with Gasteiger partial charge < -0.3 is 0 Å². The van der Waals surface area contributed by atoms with Gasteiger partial charge in [-0.15, -0.1) is 5.01 Å². The molecule has 1 heterocycles. The molecule has 0 saturated carbocycles. The molecule has 0 aromatic carbocycles. The lowest BCUT2D eigenvalue weighted by Gasteiger charge is -2.34. The predicted molar refractivity (Wildman–Crippen MR) is 105 cm³/mol. The van der Waals surface area contributed by atoms with E-state index in [4.69, 9.17) is 4.52 Å². The van der Waals surface area contributed by atoms with E-state index < -0.39 is 5.41 Å². The summed E-state index contributed by atoms with van der Waals surface area (Å²) in [5.41, 5.74) is -0.636. The van der Waals surface area contributed by atoms with Crippen molar-refractivity contribution in [2.45, 2.75) is 86.9 Å². The van der Waals surface area contributed by atoms with Gasteiger partial charge in [-0.3, -0.25) is 19.5 Å². The number of nitrogens with zero attached hydrogens (tertiary/aromatic N) is 4. The molecule has 1 aromatic rings. The van der Waals surface area contributed by atoms with E-state index in [1.807, 2.05) is 20.8 Å². The van der Waals surface area contributed by atoms with Crippen molar-refractivity contribution < 1.29 is 14.1 Å². The molecule has 0 atom stereocenters. The topological polar surface area (TPSA) is 65.5 Å². The van der Waals surface area contributed by atoms with Gasteiger partial charge in [0.1, 0.15) is 0 Å². The number of nitrogens with one attached hydrogen (secondary N) is 1. The zero-order chi connectivity index (χ0) is 20.3. The minimum atomic E-state index is -0.490. The normalized spacial score (nSPS) is 13.0. The van der Waals surface area contributed by atoms with E-state index in [1.165, 1.54) is 0 Å². The Bertz CT molecular complexity index is 573. The summed E-state index contributed by atoms with van der Waals surface area (Å²) in [5, 5.41) is 9.04. The Kier molecular flexibility index (Phi) is 7.22. The summed E-state index contributed by atoms with van der Waals surface area (Å²) in [6.07, 6.45) is 1.73. The van der Waals surface area contributed by atoms with Gasteiger partial charge in [0.15, 0.2) is 0 Å². The predicted octanol–water partition coefficient (Wildman–Crippen LogP) is 2.80. The summed E-state index contributed by atoms with van der Waals surface area (Å²) in [6, 6.07) is 0.946. The van der Waals surface area contributed by atoms with Crippen LogP contribution in [0.4, 0.5) is 5.88 Å². The number of hydrogen-bond acceptors (Lipinski definition) is 5. The number of carbonyl (C=O) groups excluding carboxylic acids is 1. The van der Waals surface area contributed by atoms with Crippen LogP contribution < -0.4 is 15.1 Å². The summed E-state index contributed by atoms with van der Waals surface area (Å²) in [4.78, 5) is 16.3. The first-order valence-corrected chi connectivity index (χ1v) is 9.47. The number of anilines is 1.